The predicted octanol–water partition coefficient (Wildman–Crippen LogP) is 3.85. The number of amides is 2. The Balaban J connectivity index is 1.75. The van der Waals surface area contributed by atoms with Crippen LogP contribution in [0.3, 0.4) is 0 Å². The molecule has 1 aliphatic heterocycles. The molecule has 0 aromatic heterocycles. The Labute approximate surface area is 168 Å². The number of rotatable bonds is 5. The molecule has 2 amide bonds. The van der Waals surface area contributed by atoms with Gasteiger partial charge in [-0.05, 0) is 43.5 Å². The summed E-state index contributed by atoms with van der Waals surface area (Å²) in [5.74, 6) is -0.414. The van der Waals surface area contributed by atoms with Gasteiger partial charge < -0.3 is 5.32 Å². The molecule has 1 fully saturated rings. The van der Waals surface area contributed by atoms with E-state index < -0.39 is 0 Å². The van der Waals surface area contributed by atoms with Crippen molar-refractivity contribution in [2.75, 3.05) is 17.6 Å². The first-order valence-corrected chi connectivity index (χ1v) is 9.95. The molecule has 3 rings (SSSR count). The van der Waals surface area contributed by atoms with Gasteiger partial charge in [-0.2, -0.15) is 0 Å². The Hall–Kier alpha value is -2.86. The lowest BCUT2D eigenvalue weighted by Gasteiger charge is -2.17. The molecule has 0 radical (unpaired) electrons. The van der Waals surface area contributed by atoms with Gasteiger partial charge in [0.2, 0.25) is 11.8 Å². The van der Waals surface area contributed by atoms with E-state index in [1.54, 1.807) is 12.1 Å². The van der Waals surface area contributed by atoms with Gasteiger partial charge in [0, 0.05) is 17.3 Å². The number of anilines is 1. The Kier molecular flexibility index (Phi) is 5.99. The van der Waals surface area contributed by atoms with Crippen LogP contribution in [0.25, 0.3) is 0 Å². The molecule has 1 saturated heterocycles. The lowest BCUT2D eigenvalue weighted by atomic mass is 10.1. The predicted molar refractivity (Wildman–Crippen MR) is 112 cm³/mol. The quantitative estimate of drug-likeness (QED) is 0.618. The number of allylic oxidation sites excluding steroid dienone is 1. The van der Waals surface area contributed by atoms with Crippen molar-refractivity contribution in [3.05, 3.63) is 75.8 Å². The molecule has 144 valence electrons. The first-order valence-electron chi connectivity index (χ1n) is 8.97. The van der Waals surface area contributed by atoms with Crippen LogP contribution in [-0.4, -0.2) is 34.8 Å². The minimum Gasteiger partial charge on any atom is -0.324 e. The second kappa shape index (κ2) is 8.44. The van der Waals surface area contributed by atoms with Crippen LogP contribution in [0.15, 0.2) is 53.6 Å². The van der Waals surface area contributed by atoms with Gasteiger partial charge in [0.1, 0.15) is 6.54 Å². The highest BCUT2D eigenvalue weighted by atomic mass is 32.2. The fourth-order valence-corrected chi connectivity index (χ4v) is 3.88. The van der Waals surface area contributed by atoms with E-state index in [9.17, 15) is 14.4 Å². The summed E-state index contributed by atoms with van der Waals surface area (Å²) in [5, 5.41) is 3.37. The second-order valence-corrected chi connectivity index (χ2v) is 7.79. The van der Waals surface area contributed by atoms with Crippen molar-refractivity contribution in [2.45, 2.75) is 20.8 Å². The summed E-state index contributed by atoms with van der Waals surface area (Å²) in [6, 6.07) is 13.1. The number of benzene rings is 2. The Morgan fingerprint density at radius 3 is 2.61 bits per heavy atom. The minimum atomic E-state index is -0.293. The zero-order chi connectivity index (χ0) is 20.3. The smallest absolute Gasteiger partial charge is 0.244 e. The molecule has 0 atom stereocenters. The number of hydrogen-bond donors (Lipinski definition) is 1. The molecule has 1 aliphatic rings. The van der Waals surface area contributed by atoms with Gasteiger partial charge in [0.05, 0.1) is 10.8 Å². The van der Waals surface area contributed by atoms with Crippen molar-refractivity contribution in [3.8, 4) is 0 Å². The van der Waals surface area contributed by atoms with E-state index >= 15 is 0 Å². The first-order chi connectivity index (χ1) is 13.3. The maximum Gasteiger partial charge on any atom is 0.244 e. The van der Waals surface area contributed by atoms with E-state index in [4.69, 9.17) is 0 Å². The van der Waals surface area contributed by atoms with Crippen LogP contribution in [0.5, 0.6) is 0 Å². The van der Waals surface area contributed by atoms with Crippen LogP contribution >= 0.6 is 11.8 Å². The summed E-state index contributed by atoms with van der Waals surface area (Å²) < 4.78 is 0. The van der Waals surface area contributed by atoms with E-state index in [2.05, 4.69) is 5.32 Å². The average molecular weight is 394 g/mol. The topological polar surface area (TPSA) is 66.5 Å². The van der Waals surface area contributed by atoms with Gasteiger partial charge in [-0.25, -0.2) is 0 Å². The van der Waals surface area contributed by atoms with Gasteiger partial charge >= 0.3 is 0 Å². The fourth-order valence-electron chi connectivity index (χ4n) is 2.94. The maximum atomic E-state index is 12.6. The molecule has 0 saturated carbocycles. The lowest BCUT2D eigenvalue weighted by Crippen LogP contribution is -2.34. The third kappa shape index (κ3) is 4.51. The summed E-state index contributed by atoms with van der Waals surface area (Å²) in [6.07, 6.45) is 1.45. The molecule has 2 aromatic rings. The molecular weight excluding hydrogens is 372 g/mol. The van der Waals surface area contributed by atoms with Crippen LogP contribution in [0, 0.1) is 20.8 Å². The number of carbonyl (C=O) groups excluding carboxylic acids is 3. The van der Waals surface area contributed by atoms with Crippen LogP contribution in [-0.2, 0) is 9.59 Å². The molecule has 0 bridgehead atoms. The molecule has 0 spiro atoms. The first kappa shape index (κ1) is 19.9. The average Bonchev–Trinajstić information content (AvgIpc) is 2.98. The van der Waals surface area contributed by atoms with Crippen molar-refractivity contribution in [1.29, 1.82) is 0 Å². The molecular formula is C22H22N2O3S. The lowest BCUT2D eigenvalue weighted by molar-refractivity contribution is -0.129. The van der Waals surface area contributed by atoms with Crippen LogP contribution in [0.1, 0.15) is 27.0 Å². The van der Waals surface area contributed by atoms with E-state index in [0.717, 1.165) is 22.4 Å². The molecule has 1 heterocycles. The molecule has 6 heteroatoms. The number of ketones is 1. The number of nitrogens with zero attached hydrogens (tertiary/aromatic N) is 1. The van der Waals surface area contributed by atoms with Crippen molar-refractivity contribution < 1.29 is 14.4 Å². The van der Waals surface area contributed by atoms with Crippen molar-refractivity contribution >= 4 is 35.0 Å². The van der Waals surface area contributed by atoms with Crippen molar-refractivity contribution in [1.82, 2.24) is 4.90 Å². The Morgan fingerprint density at radius 1 is 1.11 bits per heavy atom. The highest BCUT2D eigenvalue weighted by molar-refractivity contribution is 8.04. The van der Waals surface area contributed by atoms with Gasteiger partial charge in [0.25, 0.3) is 0 Å². The Morgan fingerprint density at radius 2 is 1.86 bits per heavy atom. The van der Waals surface area contributed by atoms with E-state index in [1.807, 2.05) is 51.1 Å². The summed E-state index contributed by atoms with van der Waals surface area (Å²) in [5.41, 5.74) is 4.18. The number of aryl methyl sites for hydroxylation is 3. The second-order valence-electron chi connectivity index (χ2n) is 6.80. The normalized spacial score (nSPS) is 15.2. The van der Waals surface area contributed by atoms with Crippen molar-refractivity contribution in [2.24, 2.45) is 0 Å². The number of nitrogens with one attached hydrogen (secondary N) is 1. The van der Waals surface area contributed by atoms with E-state index in [-0.39, 0.29) is 29.9 Å². The van der Waals surface area contributed by atoms with Crippen LogP contribution in [0.2, 0.25) is 0 Å². The SMILES string of the molecule is Cc1ccc(C)c(NC(=O)CN2C(=O)CSC2=CC(=O)c2ccccc2C)c1. The molecule has 5 nitrogen and oxygen atoms in total. The molecule has 28 heavy (non-hydrogen) atoms. The minimum absolute atomic E-state index is 0.119. The summed E-state index contributed by atoms with van der Waals surface area (Å²) in [7, 11) is 0. The number of hydrogen-bond acceptors (Lipinski definition) is 4. The largest absolute Gasteiger partial charge is 0.324 e. The van der Waals surface area contributed by atoms with Gasteiger partial charge in [-0.1, -0.05) is 48.2 Å². The molecule has 1 N–H and O–H groups in total. The highest BCUT2D eigenvalue weighted by Gasteiger charge is 2.29. The molecule has 0 aliphatic carbocycles. The van der Waals surface area contributed by atoms with Crippen LogP contribution in [0.4, 0.5) is 5.69 Å². The van der Waals surface area contributed by atoms with Crippen LogP contribution < -0.4 is 5.32 Å². The third-order valence-electron chi connectivity index (χ3n) is 4.54. The summed E-state index contributed by atoms with van der Waals surface area (Å²) in [4.78, 5) is 38.7. The summed E-state index contributed by atoms with van der Waals surface area (Å²) >= 11 is 1.28. The van der Waals surface area contributed by atoms with E-state index in [0.29, 0.717) is 10.6 Å². The maximum absolute atomic E-state index is 12.6. The number of carbonyl (C=O) groups is 3. The fraction of sp³-hybridized carbons (Fsp3) is 0.227. The standard InChI is InChI=1S/C22H22N2O3S/c1-14-8-9-16(3)18(10-14)23-20(26)12-24-21(27)13-28-22(24)11-19(25)17-7-5-4-6-15(17)2/h4-11H,12-13H2,1-3H3,(H,23,26). The zero-order valence-electron chi connectivity index (χ0n) is 16.1. The van der Waals surface area contributed by atoms with Gasteiger partial charge in [0.15, 0.2) is 5.78 Å². The Bertz CT molecular complexity index is 981. The third-order valence-corrected chi connectivity index (χ3v) is 5.57. The number of thioether (sulfide) groups is 1. The van der Waals surface area contributed by atoms with E-state index in [1.165, 1.54) is 22.7 Å². The van der Waals surface area contributed by atoms with Gasteiger partial charge in [-0.15, -0.1) is 0 Å². The molecule has 2 aromatic carbocycles. The molecule has 0 unspecified atom stereocenters. The monoisotopic (exact) mass is 394 g/mol. The van der Waals surface area contributed by atoms with Gasteiger partial charge in [-0.3, -0.25) is 19.3 Å². The zero-order valence-corrected chi connectivity index (χ0v) is 16.9. The van der Waals surface area contributed by atoms with Crippen molar-refractivity contribution in [3.63, 3.8) is 0 Å². The highest BCUT2D eigenvalue weighted by Crippen LogP contribution is 2.29. The summed E-state index contributed by atoms with van der Waals surface area (Å²) in [6.45, 7) is 5.62.